The molecule has 6 N–H and O–H groups in total. The molecule has 200 valence electrons. The largest absolute Gasteiger partial charge is 2.00 e. The van der Waals surface area contributed by atoms with Gasteiger partial charge in [0.25, 0.3) is 0 Å². The third-order valence-electron chi connectivity index (χ3n) is 1.17. The Bertz CT molecular complexity index is 731. The number of hydrogen-bond acceptors (Lipinski definition) is 12. The Hall–Kier alpha value is -2.19. The van der Waals surface area contributed by atoms with Crippen LogP contribution < -0.4 is 0 Å². The molecular formula is C11H24F6N6O8S2Zn+2. The van der Waals surface area contributed by atoms with Gasteiger partial charge in [0.1, 0.15) is 0 Å². The third-order valence-corrected chi connectivity index (χ3v) is 2.30. The topological polar surface area (TPSA) is 261 Å². The molecule has 0 rings (SSSR count). The summed E-state index contributed by atoms with van der Waals surface area (Å²) in [6.45, 7) is 0. The minimum atomic E-state index is -6.09. The molecule has 0 aromatic carbocycles. The van der Waals surface area contributed by atoms with Gasteiger partial charge in [-0.2, -0.15) is 42.1 Å². The number of halogens is 6. The molecule has 23 heteroatoms. The van der Waals surface area contributed by atoms with Gasteiger partial charge in [0.15, 0.2) is 38.8 Å². The first-order valence-corrected chi connectivity index (χ1v) is 9.38. The van der Waals surface area contributed by atoms with Crippen molar-refractivity contribution < 1.29 is 82.7 Å². The Kier molecular flexibility index (Phi) is 37.5. The van der Waals surface area contributed by atoms with Crippen LogP contribution in [0.3, 0.4) is 0 Å². The molecule has 0 aliphatic rings. The fourth-order valence-corrected chi connectivity index (χ4v) is 0. The minimum Gasteiger partial charge on any atom is -0.741 e. The van der Waals surface area contributed by atoms with Crippen LogP contribution in [0.4, 0.5) is 26.3 Å². The smallest absolute Gasteiger partial charge is 0.741 e. The Morgan fingerprint density at radius 3 is 0.647 bits per heavy atom. The molecule has 0 unspecified atom stereocenters. The predicted molar refractivity (Wildman–Crippen MR) is 99.1 cm³/mol. The average Bonchev–Trinajstić information content (AvgIpc) is 2.53. The van der Waals surface area contributed by atoms with E-state index in [0.29, 0.717) is 0 Å². The van der Waals surface area contributed by atoms with Gasteiger partial charge in [-0.25, -0.2) is 16.8 Å². The van der Waals surface area contributed by atoms with Crippen LogP contribution in [0.25, 0.3) is 0 Å². The van der Waals surface area contributed by atoms with E-state index < -0.39 is 31.3 Å². The third kappa shape index (κ3) is 52.0. The number of nitriles is 3. The van der Waals surface area contributed by atoms with Crippen LogP contribution in [-0.2, 0) is 50.7 Å². The first kappa shape index (κ1) is 53.3. The summed E-state index contributed by atoms with van der Waals surface area (Å²) >= 11 is 0. The Morgan fingerprint density at radius 2 is 0.647 bits per heavy atom. The van der Waals surface area contributed by atoms with Crippen molar-refractivity contribution in [3.63, 3.8) is 0 Å². The summed E-state index contributed by atoms with van der Waals surface area (Å²) in [6, 6.07) is 0. The van der Waals surface area contributed by atoms with Crippen molar-refractivity contribution in [2.24, 2.45) is 0 Å². The molecule has 0 heterocycles. The van der Waals surface area contributed by atoms with Gasteiger partial charge in [-0.3, -0.25) is 0 Å². The van der Waals surface area contributed by atoms with Crippen LogP contribution >= 0.6 is 0 Å². The summed E-state index contributed by atoms with van der Waals surface area (Å²) in [5.41, 5.74) is -11.3. The first-order valence-electron chi connectivity index (χ1n) is 6.57. The van der Waals surface area contributed by atoms with Crippen LogP contribution in [-0.4, -0.2) is 93.9 Å². The van der Waals surface area contributed by atoms with Crippen LogP contribution in [0.5, 0.6) is 0 Å². The fourth-order valence-electron chi connectivity index (χ4n) is 0. The van der Waals surface area contributed by atoms with Crippen LogP contribution in [0, 0.1) is 34.4 Å². The van der Waals surface area contributed by atoms with Crippen molar-refractivity contribution in [1.82, 2.24) is 14.7 Å². The molecule has 0 aliphatic heterocycles. The minimum absolute atomic E-state index is 0. The van der Waals surface area contributed by atoms with Gasteiger partial charge in [0, 0.05) is 42.3 Å². The normalized spacial score (nSPS) is 9.15. The summed E-state index contributed by atoms with van der Waals surface area (Å²) < 4.78 is 118. The van der Waals surface area contributed by atoms with Gasteiger partial charge in [-0.15, -0.1) is 0 Å². The molecule has 0 aromatic rings. The van der Waals surface area contributed by atoms with E-state index in [1.807, 2.05) is 18.6 Å². The molecule has 0 fully saturated rings. The number of rotatable bonds is 0. The van der Waals surface area contributed by atoms with E-state index in [9.17, 15) is 26.3 Å². The zero-order valence-corrected chi connectivity index (χ0v) is 23.2. The Morgan fingerprint density at radius 1 is 0.588 bits per heavy atom. The average molecular weight is 612 g/mol. The van der Waals surface area contributed by atoms with Gasteiger partial charge < -0.3 is 34.8 Å². The molecule has 34 heavy (non-hydrogen) atoms. The molecule has 0 atom stereocenters. The summed E-state index contributed by atoms with van der Waals surface area (Å²) in [5.74, 6) is 0. The fraction of sp³-hybridized carbons (Fsp3) is 0.727. The van der Waals surface area contributed by atoms with Gasteiger partial charge in [-0.1, -0.05) is 0 Å². The molecule has 0 amide bonds. The van der Waals surface area contributed by atoms with E-state index >= 15 is 0 Å². The van der Waals surface area contributed by atoms with Crippen molar-refractivity contribution in [2.45, 2.75) is 11.0 Å². The van der Waals surface area contributed by atoms with E-state index in [-0.39, 0.29) is 30.4 Å². The van der Waals surface area contributed by atoms with Gasteiger partial charge in [-0.05, 0) is 0 Å². The number of alkyl halides is 6. The van der Waals surface area contributed by atoms with E-state index in [1.54, 1.807) is 42.3 Å². The second-order valence-corrected chi connectivity index (χ2v) is 7.53. The van der Waals surface area contributed by atoms with Gasteiger partial charge in [0.05, 0.1) is 0 Å². The molecule has 14 nitrogen and oxygen atoms in total. The second kappa shape index (κ2) is 24.0. The van der Waals surface area contributed by atoms with Crippen LogP contribution in [0.2, 0.25) is 0 Å². The molecule has 0 saturated carbocycles. The molecule has 0 spiro atoms. The maximum absolute atomic E-state index is 10.7. The zero-order chi connectivity index (χ0) is 26.9. The molecular weight excluding hydrogens is 588 g/mol. The summed E-state index contributed by atoms with van der Waals surface area (Å²) in [5, 5.41) is 23.5. The maximum atomic E-state index is 10.7. The monoisotopic (exact) mass is 610 g/mol. The van der Waals surface area contributed by atoms with Crippen molar-refractivity contribution in [1.29, 1.82) is 15.8 Å². The van der Waals surface area contributed by atoms with E-state index in [1.165, 1.54) is 14.7 Å². The first-order chi connectivity index (χ1) is 13.3. The van der Waals surface area contributed by atoms with Gasteiger partial charge >= 0.3 is 30.5 Å². The van der Waals surface area contributed by atoms with Crippen molar-refractivity contribution in [3.05, 3.63) is 0 Å². The van der Waals surface area contributed by atoms with E-state index in [4.69, 9.17) is 41.7 Å². The standard InChI is InChI=1S/3C3H6N2.2CHF3O3S.2H2O.Zn/c3*1-5(2)3-4;2*2-1(3,4)8(5,6)7;;;/h3*1-2H3;2*(H,5,6,7);2*1H2;/q;;;;;;;+2. The van der Waals surface area contributed by atoms with Crippen molar-refractivity contribution >= 4 is 20.2 Å². The summed E-state index contributed by atoms with van der Waals surface area (Å²) in [7, 11) is -2.01. The number of hydrogen-bond donors (Lipinski definition) is 0. The van der Waals surface area contributed by atoms with Crippen LogP contribution in [0.1, 0.15) is 0 Å². The summed E-state index contributed by atoms with van der Waals surface area (Å²) in [4.78, 5) is 4.29. The molecule has 0 bridgehead atoms. The molecule has 0 saturated heterocycles. The maximum Gasteiger partial charge on any atom is 2.00 e. The quantitative estimate of drug-likeness (QED) is 0.0567. The SMILES string of the molecule is CN(C)C#N.CN(C)C#N.CN(C)C#N.O=S(=O)([O-])C(F)(F)F.O=S(=O)([O-])C(F)(F)F.[OH3+].[OH3+].[Zn+2]. The van der Waals surface area contributed by atoms with Crippen molar-refractivity contribution in [2.75, 3.05) is 42.3 Å². The Labute approximate surface area is 205 Å². The predicted octanol–water partition coefficient (Wildman–Crippen LogP) is -1.66. The molecule has 0 aromatic heterocycles. The van der Waals surface area contributed by atoms with E-state index in [2.05, 4.69) is 0 Å². The van der Waals surface area contributed by atoms with Gasteiger partial charge in [0.2, 0.25) is 0 Å². The Balaban J connectivity index is -0.0000000413. The molecule has 0 radical (unpaired) electrons. The second-order valence-electron chi connectivity index (χ2n) is 4.78. The molecule has 0 aliphatic carbocycles. The number of nitrogens with zero attached hydrogens (tertiary/aromatic N) is 6. The summed E-state index contributed by atoms with van der Waals surface area (Å²) in [6.07, 6.45) is 5.58. The zero-order valence-electron chi connectivity index (χ0n) is 18.6. The van der Waals surface area contributed by atoms with Crippen LogP contribution in [0.15, 0.2) is 0 Å². The van der Waals surface area contributed by atoms with E-state index in [0.717, 1.165) is 0 Å². The van der Waals surface area contributed by atoms with Crippen molar-refractivity contribution in [3.8, 4) is 18.6 Å².